The van der Waals surface area contributed by atoms with Crippen LogP contribution in [0, 0.1) is 5.82 Å². The van der Waals surface area contributed by atoms with Gasteiger partial charge in [0, 0.05) is 17.4 Å². The molecular weight excluding hydrogens is 251 g/mol. The van der Waals surface area contributed by atoms with E-state index < -0.39 is 0 Å². The van der Waals surface area contributed by atoms with E-state index in [0.29, 0.717) is 0 Å². The van der Waals surface area contributed by atoms with Crippen molar-refractivity contribution in [3.05, 3.63) is 60.8 Å². The van der Waals surface area contributed by atoms with Crippen LogP contribution in [0.5, 0.6) is 0 Å². The third-order valence-electron chi connectivity index (χ3n) is 3.20. The van der Waals surface area contributed by atoms with Crippen molar-refractivity contribution < 1.29 is 4.39 Å². The minimum atomic E-state index is -0.314. The van der Waals surface area contributed by atoms with E-state index in [0.717, 1.165) is 36.1 Å². The number of anilines is 1. The van der Waals surface area contributed by atoms with Crippen molar-refractivity contribution in [3.63, 3.8) is 0 Å². The summed E-state index contributed by atoms with van der Waals surface area (Å²) in [6.07, 6.45) is 7.82. The Morgan fingerprint density at radius 1 is 1.25 bits per heavy atom. The summed E-state index contributed by atoms with van der Waals surface area (Å²) in [6, 6.07) is 7.58. The van der Waals surface area contributed by atoms with Crippen LogP contribution in [-0.4, -0.2) is 4.98 Å². The number of hydrogen-bond donors (Lipinski definition) is 1. The first kappa shape index (κ1) is 14.3. The lowest BCUT2D eigenvalue weighted by Gasteiger charge is -2.11. The normalized spacial score (nSPS) is 10.3. The lowest BCUT2D eigenvalue weighted by Crippen LogP contribution is -1.96. The van der Waals surface area contributed by atoms with Crippen molar-refractivity contribution in [2.45, 2.75) is 26.2 Å². The fraction of sp³-hybridized carbons (Fsp3) is 0.235. The molecular formula is C17H19FN2. The molecule has 2 nitrogen and oxygen atoms in total. The average Bonchev–Trinajstić information content (AvgIpc) is 2.46. The van der Waals surface area contributed by atoms with Gasteiger partial charge in [-0.1, -0.05) is 26.0 Å². The SMILES string of the molecule is C=CNc1ccc(-c2cncc(F)c2)cc1CCCC. The van der Waals surface area contributed by atoms with Gasteiger partial charge in [-0.25, -0.2) is 4.39 Å². The Morgan fingerprint density at radius 3 is 2.80 bits per heavy atom. The molecule has 0 spiro atoms. The molecule has 1 N–H and O–H groups in total. The van der Waals surface area contributed by atoms with E-state index in [1.807, 2.05) is 12.1 Å². The molecule has 1 aromatic heterocycles. The van der Waals surface area contributed by atoms with E-state index in [9.17, 15) is 4.39 Å². The minimum absolute atomic E-state index is 0.314. The van der Waals surface area contributed by atoms with Crippen molar-refractivity contribution in [3.8, 4) is 11.1 Å². The van der Waals surface area contributed by atoms with Crippen LogP contribution in [0.1, 0.15) is 25.3 Å². The zero-order chi connectivity index (χ0) is 14.4. The summed E-state index contributed by atoms with van der Waals surface area (Å²) in [5.41, 5.74) is 4.06. The van der Waals surface area contributed by atoms with E-state index in [-0.39, 0.29) is 5.82 Å². The van der Waals surface area contributed by atoms with Gasteiger partial charge in [-0.2, -0.15) is 0 Å². The molecule has 0 amide bonds. The summed E-state index contributed by atoms with van der Waals surface area (Å²) in [5, 5.41) is 3.15. The van der Waals surface area contributed by atoms with Crippen LogP contribution in [0.2, 0.25) is 0 Å². The number of hydrogen-bond acceptors (Lipinski definition) is 2. The van der Waals surface area contributed by atoms with Crippen LogP contribution in [0.25, 0.3) is 11.1 Å². The standard InChI is InChI=1S/C17H19FN2/c1-3-5-6-14-9-13(7-8-17(14)20-4-2)15-10-16(18)12-19-11-15/h4,7-12,20H,2-3,5-6H2,1H3. The first-order valence-electron chi connectivity index (χ1n) is 6.86. The lowest BCUT2D eigenvalue weighted by molar-refractivity contribution is 0.622. The van der Waals surface area contributed by atoms with Crippen molar-refractivity contribution in [2.75, 3.05) is 5.32 Å². The van der Waals surface area contributed by atoms with E-state index in [1.54, 1.807) is 12.4 Å². The predicted molar refractivity (Wildman–Crippen MR) is 82.1 cm³/mol. The molecule has 0 bridgehead atoms. The van der Waals surface area contributed by atoms with E-state index >= 15 is 0 Å². The van der Waals surface area contributed by atoms with Crippen molar-refractivity contribution in [2.24, 2.45) is 0 Å². The second-order valence-corrected chi connectivity index (χ2v) is 4.72. The molecule has 2 aromatic rings. The van der Waals surface area contributed by atoms with Gasteiger partial charge in [0.2, 0.25) is 0 Å². The number of nitrogens with zero attached hydrogens (tertiary/aromatic N) is 1. The molecule has 0 saturated carbocycles. The quantitative estimate of drug-likeness (QED) is 0.816. The fourth-order valence-corrected chi connectivity index (χ4v) is 2.17. The zero-order valence-corrected chi connectivity index (χ0v) is 11.7. The Labute approximate surface area is 119 Å². The topological polar surface area (TPSA) is 24.9 Å². The van der Waals surface area contributed by atoms with Crippen molar-refractivity contribution >= 4 is 5.69 Å². The lowest BCUT2D eigenvalue weighted by atomic mass is 9.99. The average molecular weight is 270 g/mol. The maximum absolute atomic E-state index is 13.3. The second-order valence-electron chi connectivity index (χ2n) is 4.72. The van der Waals surface area contributed by atoms with Crippen LogP contribution in [0.4, 0.5) is 10.1 Å². The Balaban J connectivity index is 2.37. The van der Waals surface area contributed by atoms with Crippen molar-refractivity contribution in [1.82, 2.24) is 4.98 Å². The van der Waals surface area contributed by atoms with E-state index in [4.69, 9.17) is 0 Å². The number of nitrogens with one attached hydrogen (secondary N) is 1. The highest BCUT2D eigenvalue weighted by atomic mass is 19.1. The van der Waals surface area contributed by atoms with Gasteiger partial charge >= 0.3 is 0 Å². The van der Waals surface area contributed by atoms with Gasteiger partial charge in [-0.05, 0) is 48.4 Å². The molecule has 0 aliphatic heterocycles. The van der Waals surface area contributed by atoms with Crippen LogP contribution < -0.4 is 5.32 Å². The molecule has 0 atom stereocenters. The van der Waals surface area contributed by atoms with Crippen LogP contribution in [-0.2, 0) is 6.42 Å². The number of unbranched alkanes of at least 4 members (excludes halogenated alkanes) is 1. The highest BCUT2D eigenvalue weighted by molar-refractivity contribution is 5.68. The fourth-order valence-electron chi connectivity index (χ4n) is 2.17. The number of rotatable bonds is 6. The summed E-state index contributed by atoms with van der Waals surface area (Å²) in [4.78, 5) is 3.90. The molecule has 20 heavy (non-hydrogen) atoms. The minimum Gasteiger partial charge on any atom is -0.362 e. The Kier molecular flexibility index (Phi) is 4.88. The van der Waals surface area contributed by atoms with Crippen molar-refractivity contribution in [1.29, 1.82) is 0 Å². The van der Waals surface area contributed by atoms with Crippen LogP contribution >= 0.6 is 0 Å². The molecule has 0 saturated heterocycles. The largest absolute Gasteiger partial charge is 0.362 e. The number of aromatic nitrogens is 1. The second kappa shape index (κ2) is 6.85. The highest BCUT2D eigenvalue weighted by Gasteiger charge is 2.06. The molecule has 1 aromatic carbocycles. The van der Waals surface area contributed by atoms with Crippen LogP contribution in [0.3, 0.4) is 0 Å². The molecule has 3 heteroatoms. The summed E-state index contributed by atoms with van der Waals surface area (Å²) in [6.45, 7) is 5.87. The number of halogens is 1. The molecule has 1 heterocycles. The number of aryl methyl sites for hydroxylation is 1. The Hall–Kier alpha value is -2.16. The molecule has 2 rings (SSSR count). The monoisotopic (exact) mass is 270 g/mol. The molecule has 0 fully saturated rings. The molecule has 0 radical (unpaired) electrons. The van der Waals surface area contributed by atoms with Gasteiger partial charge in [0.1, 0.15) is 5.82 Å². The molecule has 0 unspecified atom stereocenters. The highest BCUT2D eigenvalue weighted by Crippen LogP contribution is 2.26. The van der Waals surface area contributed by atoms with E-state index in [1.165, 1.54) is 17.8 Å². The smallest absolute Gasteiger partial charge is 0.142 e. The maximum atomic E-state index is 13.3. The third-order valence-corrected chi connectivity index (χ3v) is 3.20. The maximum Gasteiger partial charge on any atom is 0.142 e. The first-order chi connectivity index (χ1) is 9.74. The summed E-state index contributed by atoms with van der Waals surface area (Å²) < 4.78 is 13.3. The Morgan fingerprint density at radius 2 is 2.10 bits per heavy atom. The van der Waals surface area contributed by atoms with Gasteiger partial charge in [-0.15, -0.1) is 0 Å². The predicted octanol–water partition coefficient (Wildman–Crippen LogP) is 4.79. The zero-order valence-electron chi connectivity index (χ0n) is 11.7. The summed E-state index contributed by atoms with van der Waals surface area (Å²) >= 11 is 0. The van der Waals surface area contributed by atoms with Gasteiger partial charge in [0.05, 0.1) is 6.20 Å². The third kappa shape index (κ3) is 3.44. The summed E-state index contributed by atoms with van der Waals surface area (Å²) in [7, 11) is 0. The molecule has 0 aliphatic rings. The number of benzene rings is 1. The van der Waals surface area contributed by atoms with Gasteiger partial charge in [0.25, 0.3) is 0 Å². The van der Waals surface area contributed by atoms with Gasteiger partial charge in [0.15, 0.2) is 0 Å². The van der Waals surface area contributed by atoms with Gasteiger partial charge < -0.3 is 5.32 Å². The first-order valence-corrected chi connectivity index (χ1v) is 6.86. The van der Waals surface area contributed by atoms with Gasteiger partial charge in [-0.3, -0.25) is 4.98 Å². The van der Waals surface area contributed by atoms with E-state index in [2.05, 4.69) is 29.9 Å². The molecule has 0 aliphatic carbocycles. The number of pyridine rings is 1. The molecule has 104 valence electrons. The summed E-state index contributed by atoms with van der Waals surface area (Å²) in [5.74, 6) is -0.314. The Bertz CT molecular complexity index is 593. The van der Waals surface area contributed by atoms with Crippen LogP contribution in [0.15, 0.2) is 49.4 Å².